The van der Waals surface area contributed by atoms with Gasteiger partial charge in [-0.25, -0.2) is 0 Å². The number of rotatable bonds is 6. The Morgan fingerprint density at radius 2 is 2.04 bits per heavy atom. The van der Waals surface area contributed by atoms with Crippen LogP contribution in [0.1, 0.15) is 44.8 Å². The number of hydrogen-bond donors (Lipinski definition) is 0. The van der Waals surface area contributed by atoms with Crippen LogP contribution in [-0.2, 0) is 6.54 Å². The van der Waals surface area contributed by atoms with E-state index >= 15 is 0 Å². The fraction of sp³-hybridized carbons (Fsp3) is 0.450. The minimum Gasteiger partial charge on any atom is -0.467 e. The minimum absolute atomic E-state index is 0.402. The molecule has 1 fully saturated rings. The first-order chi connectivity index (χ1) is 12.7. The highest BCUT2D eigenvalue weighted by Crippen LogP contribution is 2.40. The number of furan rings is 1. The molecule has 3 aromatic rings. The number of pyridine rings is 1. The lowest BCUT2D eigenvalue weighted by Gasteiger charge is -2.33. The Morgan fingerprint density at radius 1 is 1.15 bits per heavy atom. The molecular formula is C20H24N4OS. The first-order valence-corrected chi connectivity index (χ1v) is 10.2. The maximum Gasteiger partial charge on any atom is 0.191 e. The van der Waals surface area contributed by atoms with Crippen LogP contribution >= 0.6 is 11.8 Å². The SMILES string of the molecule is CC1(CSc2nnc(-c3cccnc3)n2Cc2ccco2)CCCCC1. The van der Waals surface area contributed by atoms with Crippen LogP contribution in [0.5, 0.6) is 0 Å². The van der Waals surface area contributed by atoms with Crippen molar-refractivity contribution in [3.8, 4) is 11.4 Å². The van der Waals surface area contributed by atoms with Crippen molar-refractivity contribution in [2.75, 3.05) is 5.75 Å². The molecule has 6 heteroatoms. The van der Waals surface area contributed by atoms with E-state index in [2.05, 4.69) is 26.7 Å². The van der Waals surface area contributed by atoms with Gasteiger partial charge in [0.2, 0.25) is 0 Å². The third-order valence-electron chi connectivity index (χ3n) is 5.14. The fourth-order valence-corrected chi connectivity index (χ4v) is 4.77. The molecule has 0 radical (unpaired) electrons. The Balaban J connectivity index is 1.60. The Labute approximate surface area is 158 Å². The maximum absolute atomic E-state index is 5.57. The summed E-state index contributed by atoms with van der Waals surface area (Å²) in [5, 5.41) is 9.91. The van der Waals surface area contributed by atoms with Gasteiger partial charge in [0.1, 0.15) is 5.76 Å². The predicted molar refractivity (Wildman–Crippen MR) is 103 cm³/mol. The quantitative estimate of drug-likeness (QED) is 0.570. The van der Waals surface area contributed by atoms with Crippen LogP contribution in [0.3, 0.4) is 0 Å². The smallest absolute Gasteiger partial charge is 0.191 e. The summed E-state index contributed by atoms with van der Waals surface area (Å²) < 4.78 is 7.71. The van der Waals surface area contributed by atoms with Gasteiger partial charge in [-0.15, -0.1) is 10.2 Å². The minimum atomic E-state index is 0.402. The summed E-state index contributed by atoms with van der Waals surface area (Å²) in [7, 11) is 0. The van der Waals surface area contributed by atoms with E-state index in [4.69, 9.17) is 4.42 Å². The summed E-state index contributed by atoms with van der Waals surface area (Å²) >= 11 is 1.82. The summed E-state index contributed by atoms with van der Waals surface area (Å²) in [6.07, 6.45) is 12.0. The number of aromatic nitrogens is 4. The number of hydrogen-bond acceptors (Lipinski definition) is 5. The third-order valence-corrected chi connectivity index (χ3v) is 6.54. The van der Waals surface area contributed by atoms with Crippen molar-refractivity contribution in [3.63, 3.8) is 0 Å². The molecule has 0 unspecified atom stereocenters. The standard InChI is InChI=1S/C20H24N4OS/c1-20(9-3-2-4-10-20)15-26-19-23-22-18(16-7-5-11-21-13-16)24(19)14-17-8-6-12-25-17/h5-8,11-13H,2-4,9-10,14-15H2,1H3. The Bertz CT molecular complexity index is 823. The lowest BCUT2D eigenvalue weighted by molar-refractivity contribution is 0.251. The summed E-state index contributed by atoms with van der Waals surface area (Å²) in [6.45, 7) is 3.04. The van der Waals surface area contributed by atoms with Gasteiger partial charge in [-0.3, -0.25) is 9.55 Å². The molecule has 136 valence electrons. The zero-order chi connectivity index (χ0) is 17.8. The molecule has 1 aliphatic rings. The maximum atomic E-state index is 5.57. The molecule has 26 heavy (non-hydrogen) atoms. The van der Waals surface area contributed by atoms with Crippen molar-refractivity contribution in [3.05, 3.63) is 48.7 Å². The molecule has 0 aromatic carbocycles. The number of nitrogens with zero attached hydrogens (tertiary/aromatic N) is 4. The van der Waals surface area contributed by atoms with Crippen molar-refractivity contribution in [1.29, 1.82) is 0 Å². The Morgan fingerprint density at radius 3 is 2.77 bits per heavy atom. The van der Waals surface area contributed by atoms with Crippen LogP contribution in [0.15, 0.2) is 52.5 Å². The van der Waals surface area contributed by atoms with Gasteiger partial charge < -0.3 is 4.42 Å². The van der Waals surface area contributed by atoms with E-state index in [0.717, 1.165) is 28.1 Å². The van der Waals surface area contributed by atoms with Gasteiger partial charge in [0, 0.05) is 23.7 Å². The first kappa shape index (κ1) is 17.3. The molecule has 0 saturated heterocycles. The van der Waals surface area contributed by atoms with Gasteiger partial charge in [0.25, 0.3) is 0 Å². The summed E-state index contributed by atoms with van der Waals surface area (Å²) in [6, 6.07) is 7.85. The number of thioether (sulfide) groups is 1. The van der Waals surface area contributed by atoms with Crippen LogP contribution < -0.4 is 0 Å². The van der Waals surface area contributed by atoms with Crippen LogP contribution in [-0.4, -0.2) is 25.5 Å². The lowest BCUT2D eigenvalue weighted by Crippen LogP contribution is -2.23. The van der Waals surface area contributed by atoms with Gasteiger partial charge in [-0.05, 0) is 42.5 Å². The lowest BCUT2D eigenvalue weighted by atomic mass is 9.77. The molecule has 3 aromatic heterocycles. The zero-order valence-electron chi connectivity index (χ0n) is 15.1. The highest BCUT2D eigenvalue weighted by molar-refractivity contribution is 7.99. The van der Waals surface area contributed by atoms with Crippen molar-refractivity contribution in [1.82, 2.24) is 19.7 Å². The second-order valence-corrected chi connectivity index (χ2v) is 8.32. The molecule has 0 atom stereocenters. The van der Waals surface area contributed by atoms with E-state index in [1.165, 1.54) is 32.1 Å². The normalized spacial score (nSPS) is 16.7. The summed E-state index contributed by atoms with van der Waals surface area (Å²) in [5.74, 6) is 2.82. The highest BCUT2D eigenvalue weighted by Gasteiger charge is 2.28. The van der Waals surface area contributed by atoms with E-state index in [0.29, 0.717) is 12.0 Å². The van der Waals surface area contributed by atoms with Gasteiger partial charge >= 0.3 is 0 Å². The molecular weight excluding hydrogens is 344 g/mol. The van der Waals surface area contributed by atoms with Crippen LogP contribution in [0.2, 0.25) is 0 Å². The monoisotopic (exact) mass is 368 g/mol. The van der Waals surface area contributed by atoms with Crippen molar-refractivity contribution in [2.24, 2.45) is 5.41 Å². The Hall–Kier alpha value is -2.08. The van der Waals surface area contributed by atoms with Gasteiger partial charge in [0.05, 0.1) is 12.8 Å². The summed E-state index contributed by atoms with van der Waals surface area (Å²) in [4.78, 5) is 4.23. The van der Waals surface area contributed by atoms with E-state index in [1.807, 2.05) is 42.2 Å². The predicted octanol–water partition coefficient (Wildman–Crippen LogP) is 5.04. The van der Waals surface area contributed by atoms with E-state index in [1.54, 1.807) is 12.5 Å². The van der Waals surface area contributed by atoms with Crippen LogP contribution in [0.25, 0.3) is 11.4 Å². The second kappa shape index (κ2) is 7.66. The van der Waals surface area contributed by atoms with Gasteiger partial charge in [0.15, 0.2) is 11.0 Å². The molecule has 0 bridgehead atoms. The molecule has 4 rings (SSSR count). The van der Waals surface area contributed by atoms with Gasteiger partial charge in [-0.1, -0.05) is 37.9 Å². The zero-order valence-corrected chi connectivity index (χ0v) is 15.9. The molecule has 0 N–H and O–H groups in total. The summed E-state index contributed by atoms with van der Waals surface area (Å²) in [5.41, 5.74) is 1.38. The van der Waals surface area contributed by atoms with Crippen molar-refractivity contribution < 1.29 is 4.42 Å². The molecule has 0 spiro atoms. The largest absolute Gasteiger partial charge is 0.467 e. The fourth-order valence-electron chi connectivity index (χ4n) is 3.59. The van der Waals surface area contributed by atoms with E-state index < -0.39 is 0 Å². The van der Waals surface area contributed by atoms with Crippen molar-refractivity contribution >= 4 is 11.8 Å². The van der Waals surface area contributed by atoms with Crippen molar-refractivity contribution in [2.45, 2.75) is 50.7 Å². The van der Waals surface area contributed by atoms with E-state index in [-0.39, 0.29) is 0 Å². The van der Waals surface area contributed by atoms with Gasteiger partial charge in [-0.2, -0.15) is 0 Å². The molecule has 5 nitrogen and oxygen atoms in total. The average Bonchev–Trinajstić information content (AvgIpc) is 3.32. The van der Waals surface area contributed by atoms with E-state index in [9.17, 15) is 0 Å². The molecule has 0 amide bonds. The third kappa shape index (κ3) is 3.85. The second-order valence-electron chi connectivity index (χ2n) is 7.37. The highest BCUT2D eigenvalue weighted by atomic mass is 32.2. The van der Waals surface area contributed by atoms with Crippen LogP contribution in [0, 0.1) is 5.41 Å². The topological polar surface area (TPSA) is 56.7 Å². The average molecular weight is 369 g/mol. The molecule has 1 aliphatic carbocycles. The Kier molecular flexibility index (Phi) is 5.11. The molecule has 1 saturated carbocycles. The van der Waals surface area contributed by atoms with Crippen LogP contribution in [0.4, 0.5) is 0 Å². The first-order valence-electron chi connectivity index (χ1n) is 9.22. The molecule has 3 heterocycles. The molecule has 0 aliphatic heterocycles.